The van der Waals surface area contributed by atoms with Crippen LogP contribution in [0.5, 0.6) is 5.75 Å². The van der Waals surface area contributed by atoms with Crippen LogP contribution in [-0.2, 0) is 17.6 Å². The van der Waals surface area contributed by atoms with Gasteiger partial charge < -0.3 is 9.47 Å². The van der Waals surface area contributed by atoms with Crippen molar-refractivity contribution in [3.8, 4) is 5.75 Å². The molecule has 0 saturated heterocycles. The van der Waals surface area contributed by atoms with E-state index in [-0.39, 0.29) is 6.10 Å². The molecular formula is C23H33N5O2. The zero-order valence-electron chi connectivity index (χ0n) is 18.2. The lowest BCUT2D eigenvalue weighted by Crippen LogP contribution is -2.17. The average Bonchev–Trinajstić information content (AvgIpc) is 3.22. The minimum Gasteiger partial charge on any atom is -0.493 e. The first-order chi connectivity index (χ1) is 14.7. The Morgan fingerprint density at radius 1 is 1.10 bits per heavy atom. The molecule has 0 spiro atoms. The van der Waals surface area contributed by atoms with Gasteiger partial charge in [0.15, 0.2) is 11.7 Å². The third-order valence-electron chi connectivity index (χ3n) is 5.85. The topological polar surface area (TPSA) is 74.4 Å². The molecule has 1 fully saturated rings. The van der Waals surface area contributed by atoms with E-state index in [1.807, 2.05) is 32.0 Å². The number of aromatic nitrogens is 4. The molecule has 0 bridgehead atoms. The zero-order chi connectivity index (χ0) is 20.8. The fourth-order valence-electron chi connectivity index (χ4n) is 4.38. The summed E-state index contributed by atoms with van der Waals surface area (Å²) >= 11 is 0. The van der Waals surface area contributed by atoms with Crippen molar-refractivity contribution in [1.82, 2.24) is 20.2 Å². The molecule has 0 N–H and O–H groups in total. The lowest BCUT2D eigenvalue weighted by atomic mass is 9.95. The van der Waals surface area contributed by atoms with Gasteiger partial charge in [-0.1, -0.05) is 25.3 Å². The minimum absolute atomic E-state index is 0.156. The SMILES string of the molecule is CC(C)OC1=Nc2cccc(OCCCCc3nnnn3C3CCCCC3)c2CC1. The van der Waals surface area contributed by atoms with E-state index in [0.717, 1.165) is 55.3 Å². The summed E-state index contributed by atoms with van der Waals surface area (Å²) in [5.74, 6) is 2.79. The maximum Gasteiger partial charge on any atom is 0.188 e. The van der Waals surface area contributed by atoms with Gasteiger partial charge in [-0.3, -0.25) is 0 Å². The van der Waals surface area contributed by atoms with Gasteiger partial charge in [-0.05, 0) is 68.5 Å². The van der Waals surface area contributed by atoms with Crippen LogP contribution in [0, 0.1) is 0 Å². The second-order valence-corrected chi connectivity index (χ2v) is 8.56. The molecule has 7 heteroatoms. The largest absolute Gasteiger partial charge is 0.493 e. The summed E-state index contributed by atoms with van der Waals surface area (Å²) < 4.78 is 14.0. The smallest absolute Gasteiger partial charge is 0.188 e. The maximum absolute atomic E-state index is 6.12. The summed E-state index contributed by atoms with van der Waals surface area (Å²) in [5, 5.41) is 12.5. The number of fused-ring (bicyclic) bond motifs is 1. The van der Waals surface area contributed by atoms with Crippen LogP contribution >= 0.6 is 0 Å². The van der Waals surface area contributed by atoms with Gasteiger partial charge in [-0.25, -0.2) is 9.67 Å². The van der Waals surface area contributed by atoms with Gasteiger partial charge in [-0.15, -0.1) is 5.10 Å². The van der Waals surface area contributed by atoms with Crippen LogP contribution in [0.1, 0.15) is 82.6 Å². The number of aliphatic imine (C=N–C) groups is 1. The number of unbranched alkanes of at least 4 members (excludes halogenated alkanes) is 1. The molecule has 2 aliphatic rings. The second kappa shape index (κ2) is 10.0. The van der Waals surface area contributed by atoms with Crippen LogP contribution in [0.3, 0.4) is 0 Å². The molecule has 1 saturated carbocycles. The fourth-order valence-corrected chi connectivity index (χ4v) is 4.38. The molecule has 2 aromatic rings. The fraction of sp³-hybridized carbons (Fsp3) is 0.652. The van der Waals surface area contributed by atoms with Gasteiger partial charge in [0.1, 0.15) is 5.75 Å². The van der Waals surface area contributed by atoms with Gasteiger partial charge >= 0.3 is 0 Å². The molecule has 162 valence electrons. The van der Waals surface area contributed by atoms with Crippen molar-refractivity contribution >= 4 is 11.6 Å². The Balaban J connectivity index is 1.26. The van der Waals surface area contributed by atoms with E-state index in [4.69, 9.17) is 9.47 Å². The number of hydrogen-bond donors (Lipinski definition) is 0. The monoisotopic (exact) mass is 411 g/mol. The highest BCUT2D eigenvalue weighted by atomic mass is 16.5. The van der Waals surface area contributed by atoms with Crippen molar-refractivity contribution in [3.05, 3.63) is 29.6 Å². The van der Waals surface area contributed by atoms with Crippen molar-refractivity contribution < 1.29 is 9.47 Å². The molecule has 0 radical (unpaired) electrons. The Bertz CT molecular complexity index is 855. The van der Waals surface area contributed by atoms with Crippen molar-refractivity contribution in [2.75, 3.05) is 6.61 Å². The number of nitrogens with zero attached hydrogens (tertiary/aromatic N) is 5. The van der Waals surface area contributed by atoms with Gasteiger partial charge in [-0.2, -0.15) is 0 Å². The summed E-state index contributed by atoms with van der Waals surface area (Å²) in [6.45, 7) is 4.76. The molecule has 4 rings (SSSR count). The van der Waals surface area contributed by atoms with E-state index in [9.17, 15) is 0 Å². The molecule has 0 amide bonds. The molecule has 1 aliphatic heterocycles. The normalized spacial score (nSPS) is 17.0. The molecule has 1 aliphatic carbocycles. The first-order valence-electron chi connectivity index (χ1n) is 11.5. The van der Waals surface area contributed by atoms with E-state index in [1.165, 1.54) is 37.7 Å². The van der Waals surface area contributed by atoms with Crippen LogP contribution in [0.15, 0.2) is 23.2 Å². The molecule has 1 aromatic carbocycles. The summed E-state index contributed by atoms with van der Waals surface area (Å²) in [4.78, 5) is 4.67. The van der Waals surface area contributed by atoms with Crippen molar-refractivity contribution in [2.24, 2.45) is 4.99 Å². The van der Waals surface area contributed by atoms with Gasteiger partial charge in [0.25, 0.3) is 0 Å². The highest BCUT2D eigenvalue weighted by Gasteiger charge is 2.20. The summed E-state index contributed by atoms with van der Waals surface area (Å²) in [6.07, 6.45) is 11.1. The Hall–Kier alpha value is -2.44. The first kappa shape index (κ1) is 20.8. The lowest BCUT2D eigenvalue weighted by Gasteiger charge is -2.22. The van der Waals surface area contributed by atoms with E-state index in [1.54, 1.807) is 0 Å². The van der Waals surface area contributed by atoms with Crippen LogP contribution in [-0.4, -0.2) is 38.8 Å². The molecule has 30 heavy (non-hydrogen) atoms. The van der Waals surface area contributed by atoms with Crippen molar-refractivity contribution in [2.45, 2.75) is 90.2 Å². The quantitative estimate of drug-likeness (QED) is 0.573. The molecular weight excluding hydrogens is 378 g/mol. The van der Waals surface area contributed by atoms with Gasteiger partial charge in [0.2, 0.25) is 0 Å². The van der Waals surface area contributed by atoms with Crippen LogP contribution < -0.4 is 4.74 Å². The van der Waals surface area contributed by atoms with Crippen molar-refractivity contribution in [1.29, 1.82) is 0 Å². The standard InChI is InChI=1S/C23H33N5O2/c1-17(2)30-23-15-14-19-20(24-23)11-8-12-21(19)29-16-7-6-13-22-25-26-27-28(22)18-9-4-3-5-10-18/h8,11-12,17-18H,3-7,9-10,13-16H2,1-2H3. The summed E-state index contributed by atoms with van der Waals surface area (Å²) in [7, 11) is 0. The third kappa shape index (κ3) is 5.18. The second-order valence-electron chi connectivity index (χ2n) is 8.56. The highest BCUT2D eigenvalue weighted by Crippen LogP contribution is 2.34. The Morgan fingerprint density at radius 2 is 1.97 bits per heavy atom. The Morgan fingerprint density at radius 3 is 2.80 bits per heavy atom. The molecule has 0 atom stereocenters. The first-order valence-corrected chi connectivity index (χ1v) is 11.5. The lowest BCUT2D eigenvalue weighted by molar-refractivity contribution is 0.220. The number of benzene rings is 1. The number of aryl methyl sites for hydroxylation is 1. The van der Waals surface area contributed by atoms with E-state index >= 15 is 0 Å². The summed E-state index contributed by atoms with van der Waals surface area (Å²) in [6, 6.07) is 6.58. The predicted octanol–water partition coefficient (Wildman–Crippen LogP) is 4.98. The van der Waals surface area contributed by atoms with Gasteiger partial charge in [0, 0.05) is 18.4 Å². The molecule has 7 nitrogen and oxygen atoms in total. The molecule has 1 aromatic heterocycles. The van der Waals surface area contributed by atoms with E-state index in [0.29, 0.717) is 12.6 Å². The Labute approximate surface area is 178 Å². The third-order valence-corrected chi connectivity index (χ3v) is 5.85. The number of ether oxygens (including phenoxy) is 2. The molecule has 0 unspecified atom stereocenters. The predicted molar refractivity (Wildman–Crippen MR) is 116 cm³/mol. The van der Waals surface area contributed by atoms with Crippen LogP contribution in [0.25, 0.3) is 0 Å². The van der Waals surface area contributed by atoms with Crippen molar-refractivity contribution in [3.63, 3.8) is 0 Å². The molecule has 2 heterocycles. The van der Waals surface area contributed by atoms with E-state index < -0.39 is 0 Å². The Kier molecular flexibility index (Phi) is 6.97. The number of tetrazole rings is 1. The van der Waals surface area contributed by atoms with E-state index in [2.05, 4.69) is 25.2 Å². The van der Waals surface area contributed by atoms with Gasteiger partial charge in [0.05, 0.1) is 24.4 Å². The average molecular weight is 412 g/mol. The highest BCUT2D eigenvalue weighted by molar-refractivity contribution is 5.83. The number of hydrogen-bond acceptors (Lipinski definition) is 6. The minimum atomic E-state index is 0.156. The van der Waals surface area contributed by atoms with Crippen LogP contribution in [0.2, 0.25) is 0 Å². The zero-order valence-corrected chi connectivity index (χ0v) is 18.2. The van der Waals surface area contributed by atoms with Crippen LogP contribution in [0.4, 0.5) is 5.69 Å². The maximum atomic E-state index is 6.12. The number of rotatable bonds is 8. The summed E-state index contributed by atoms with van der Waals surface area (Å²) in [5.41, 5.74) is 2.16.